The summed E-state index contributed by atoms with van der Waals surface area (Å²) in [5.41, 5.74) is 0.704. The van der Waals surface area contributed by atoms with Crippen molar-refractivity contribution in [3.8, 4) is 0 Å². The lowest BCUT2D eigenvalue weighted by atomic mass is 10.0. The topological polar surface area (TPSA) is 35.5 Å². The second kappa shape index (κ2) is 5.59. The third-order valence-corrected chi connectivity index (χ3v) is 2.00. The first-order chi connectivity index (χ1) is 7.13. The third kappa shape index (κ3) is 3.78. The summed E-state index contributed by atoms with van der Waals surface area (Å²) in [7, 11) is 0. The number of hydrogen-bond donors (Lipinski definition) is 0. The van der Waals surface area contributed by atoms with E-state index < -0.39 is 0 Å². The van der Waals surface area contributed by atoms with Crippen LogP contribution in [0, 0.1) is 0 Å². The highest BCUT2D eigenvalue weighted by atomic mass is 16.5. The molecule has 0 N–H and O–H groups in total. The molecular weight excluding hydrogens is 192 g/mol. The van der Waals surface area contributed by atoms with Crippen molar-refractivity contribution in [1.29, 1.82) is 0 Å². The van der Waals surface area contributed by atoms with E-state index in [9.17, 15) is 4.79 Å². The number of allylic oxidation sites excluding steroid dienone is 3. The van der Waals surface area contributed by atoms with Crippen LogP contribution in [0.3, 0.4) is 0 Å². The molecule has 0 unspecified atom stereocenters. The molecule has 0 aromatic rings. The Morgan fingerprint density at radius 1 is 1.47 bits per heavy atom. The van der Waals surface area contributed by atoms with E-state index in [0.717, 1.165) is 12.2 Å². The molecule has 0 heterocycles. The van der Waals surface area contributed by atoms with Crippen LogP contribution in [0.25, 0.3) is 0 Å². The van der Waals surface area contributed by atoms with E-state index >= 15 is 0 Å². The molecule has 3 heteroatoms. The molecule has 0 bridgehead atoms. The van der Waals surface area contributed by atoms with Crippen molar-refractivity contribution in [3.63, 3.8) is 0 Å². The van der Waals surface area contributed by atoms with E-state index in [1.807, 2.05) is 32.9 Å². The fraction of sp³-hybridized carbons (Fsp3) is 0.583. The number of hydrogen-bond acceptors (Lipinski definition) is 3. The summed E-state index contributed by atoms with van der Waals surface area (Å²) in [5.74, 6) is 0.644. The van der Waals surface area contributed by atoms with Gasteiger partial charge in [-0.1, -0.05) is 6.08 Å². The molecule has 0 spiro atoms. The Morgan fingerprint density at radius 2 is 2.20 bits per heavy atom. The van der Waals surface area contributed by atoms with Crippen LogP contribution < -0.4 is 0 Å². The van der Waals surface area contributed by atoms with Crippen molar-refractivity contribution in [2.24, 2.45) is 0 Å². The lowest BCUT2D eigenvalue weighted by Gasteiger charge is -2.17. The van der Waals surface area contributed by atoms with Crippen molar-refractivity contribution in [3.05, 3.63) is 23.5 Å². The maximum atomic E-state index is 11.5. The molecule has 0 aliphatic heterocycles. The Balaban J connectivity index is 2.51. The van der Waals surface area contributed by atoms with Gasteiger partial charge in [-0.3, -0.25) is 0 Å². The van der Waals surface area contributed by atoms with E-state index in [4.69, 9.17) is 9.47 Å². The zero-order chi connectivity index (χ0) is 11.3. The first-order valence-electron chi connectivity index (χ1n) is 5.35. The summed E-state index contributed by atoms with van der Waals surface area (Å²) in [5, 5.41) is 0. The normalized spacial score (nSPS) is 15.7. The lowest BCUT2D eigenvalue weighted by Crippen LogP contribution is -2.12. The van der Waals surface area contributed by atoms with Crippen LogP contribution in [-0.4, -0.2) is 18.7 Å². The van der Waals surface area contributed by atoms with Crippen LogP contribution in [0.5, 0.6) is 0 Å². The Hall–Kier alpha value is -1.25. The predicted molar refractivity (Wildman–Crippen MR) is 58.3 cm³/mol. The van der Waals surface area contributed by atoms with Crippen LogP contribution in [0.4, 0.5) is 0 Å². The molecule has 0 amide bonds. The highest BCUT2D eigenvalue weighted by molar-refractivity contribution is 5.89. The first kappa shape index (κ1) is 11.8. The molecule has 3 nitrogen and oxygen atoms in total. The Morgan fingerprint density at radius 3 is 2.80 bits per heavy atom. The molecule has 1 aliphatic rings. The number of carbonyl (C=O) groups excluding carboxylic acids is 1. The quantitative estimate of drug-likeness (QED) is 0.669. The van der Waals surface area contributed by atoms with Gasteiger partial charge in [0.2, 0.25) is 0 Å². The highest BCUT2D eigenvalue weighted by Crippen LogP contribution is 2.21. The van der Waals surface area contributed by atoms with Gasteiger partial charge in [0, 0.05) is 12.0 Å². The van der Waals surface area contributed by atoms with E-state index in [-0.39, 0.29) is 12.1 Å². The predicted octanol–water partition coefficient (Wildman–Crippen LogP) is 2.58. The molecule has 0 saturated carbocycles. The molecule has 1 aliphatic carbocycles. The van der Waals surface area contributed by atoms with E-state index in [0.29, 0.717) is 18.6 Å². The fourth-order valence-corrected chi connectivity index (χ4v) is 1.44. The maximum absolute atomic E-state index is 11.5. The third-order valence-electron chi connectivity index (χ3n) is 2.00. The van der Waals surface area contributed by atoms with Gasteiger partial charge in [0.15, 0.2) is 0 Å². The molecule has 0 aromatic heterocycles. The van der Waals surface area contributed by atoms with Gasteiger partial charge in [0.25, 0.3) is 0 Å². The number of esters is 1. The van der Waals surface area contributed by atoms with Gasteiger partial charge in [-0.25, -0.2) is 4.79 Å². The van der Waals surface area contributed by atoms with Gasteiger partial charge >= 0.3 is 5.97 Å². The van der Waals surface area contributed by atoms with Gasteiger partial charge in [0.1, 0.15) is 0 Å². The van der Waals surface area contributed by atoms with Crippen LogP contribution in [0.2, 0.25) is 0 Å². The SMILES string of the molecule is CCOC(=O)C1=CCC=C(OC(C)C)C1. The summed E-state index contributed by atoms with van der Waals surface area (Å²) in [6.07, 6.45) is 5.35. The minimum absolute atomic E-state index is 0.151. The second-order valence-electron chi connectivity index (χ2n) is 3.70. The molecule has 0 atom stereocenters. The smallest absolute Gasteiger partial charge is 0.334 e. The average Bonchev–Trinajstić information content (AvgIpc) is 2.17. The van der Waals surface area contributed by atoms with Crippen LogP contribution in [0.15, 0.2) is 23.5 Å². The van der Waals surface area contributed by atoms with Crippen molar-refractivity contribution in [1.82, 2.24) is 0 Å². The van der Waals surface area contributed by atoms with Gasteiger partial charge < -0.3 is 9.47 Å². The summed E-state index contributed by atoms with van der Waals surface area (Å²) in [4.78, 5) is 11.5. The molecule has 1 rings (SSSR count). The molecular formula is C12H18O3. The van der Waals surface area contributed by atoms with Crippen molar-refractivity contribution in [2.75, 3.05) is 6.61 Å². The van der Waals surface area contributed by atoms with E-state index in [1.54, 1.807) is 0 Å². The minimum atomic E-state index is -0.226. The standard InChI is InChI=1S/C12H18O3/c1-4-14-12(13)10-6-5-7-11(8-10)15-9(2)3/h6-7,9H,4-5,8H2,1-3H3. The molecule has 0 saturated heterocycles. The van der Waals surface area contributed by atoms with Crippen molar-refractivity contribution < 1.29 is 14.3 Å². The first-order valence-corrected chi connectivity index (χ1v) is 5.35. The molecule has 84 valence electrons. The van der Waals surface area contributed by atoms with Gasteiger partial charge in [0.05, 0.1) is 18.5 Å². The molecule has 0 fully saturated rings. The van der Waals surface area contributed by atoms with E-state index in [1.165, 1.54) is 0 Å². The van der Waals surface area contributed by atoms with Crippen molar-refractivity contribution in [2.45, 2.75) is 39.7 Å². The average molecular weight is 210 g/mol. The Labute approximate surface area is 90.8 Å². The zero-order valence-corrected chi connectivity index (χ0v) is 9.58. The van der Waals surface area contributed by atoms with Crippen LogP contribution in [0.1, 0.15) is 33.6 Å². The number of rotatable bonds is 4. The van der Waals surface area contributed by atoms with Crippen LogP contribution >= 0.6 is 0 Å². The zero-order valence-electron chi connectivity index (χ0n) is 9.58. The summed E-state index contributed by atoms with van der Waals surface area (Å²) < 4.78 is 10.5. The number of ether oxygens (including phenoxy) is 2. The summed E-state index contributed by atoms with van der Waals surface area (Å²) in [6, 6.07) is 0. The second-order valence-corrected chi connectivity index (χ2v) is 3.70. The van der Waals surface area contributed by atoms with E-state index in [2.05, 4.69) is 0 Å². The Bertz CT molecular complexity index is 287. The summed E-state index contributed by atoms with van der Waals surface area (Å²) >= 11 is 0. The monoisotopic (exact) mass is 210 g/mol. The fourth-order valence-electron chi connectivity index (χ4n) is 1.44. The van der Waals surface area contributed by atoms with Crippen molar-refractivity contribution >= 4 is 5.97 Å². The molecule has 0 radical (unpaired) electrons. The maximum Gasteiger partial charge on any atom is 0.334 e. The highest BCUT2D eigenvalue weighted by Gasteiger charge is 2.16. The molecule has 15 heavy (non-hydrogen) atoms. The van der Waals surface area contributed by atoms with Gasteiger partial charge in [-0.05, 0) is 33.3 Å². The minimum Gasteiger partial charge on any atom is -0.495 e. The largest absolute Gasteiger partial charge is 0.495 e. The van der Waals surface area contributed by atoms with Gasteiger partial charge in [-0.15, -0.1) is 0 Å². The molecule has 0 aromatic carbocycles. The van der Waals surface area contributed by atoms with Crippen LogP contribution in [-0.2, 0) is 14.3 Å². The summed E-state index contributed by atoms with van der Waals surface area (Å²) in [6.45, 7) is 6.18. The lowest BCUT2D eigenvalue weighted by molar-refractivity contribution is -0.138. The Kier molecular flexibility index (Phi) is 4.40. The van der Waals surface area contributed by atoms with Gasteiger partial charge in [-0.2, -0.15) is 0 Å². The number of carbonyl (C=O) groups is 1.